The molecule has 0 aliphatic carbocycles. The SMILES string of the molecule is BrCCc1ccccc1.CC#N.CC(C)(C)OC(=O)N1CCCC(CN(c2ccccc2)S(=O)(=O)c2ccc(Br)cc2)C1.O=CO[O-].O=S(=O)(c1ccc(Br)cc1)N(CC1CCCN(CCc2ccccc2)C1)c1ccccc1.[2HH].[H-].[K+].[K+]. The third-order valence-corrected chi connectivity index (χ3v) is 17.4. The fourth-order valence-electron chi connectivity index (χ4n) is 8.71. The minimum Gasteiger partial charge on any atom is -1.00 e. The Kier molecular flexibility index (Phi) is 37.1. The number of para-hydroxylation sites is 2. The normalized spacial score (nSPS) is 14.8. The summed E-state index contributed by atoms with van der Waals surface area (Å²) in [5, 5.41) is 16.8. The summed E-state index contributed by atoms with van der Waals surface area (Å²) in [7, 11) is -7.41. The standard InChI is InChI=1S/C26H29BrN2O2S.C23H29BrN2O4S.C8H9Br.C2H3N.CH2O3.2K.H2.H/c27-24-13-15-26(16-14-24)32(30,31)29(25-11-5-2-6-12-25)21-23-10-7-18-28(20-23)19-17-22-8-3-1-4-9-22;1-23(2,3)30-22(27)25-15-7-8-18(16-25)17-26(20-9-5-4-6-10-20)31(28,29)21-13-11-19(24)12-14-21;9-7-6-8-4-2-1-3-5-8;1-2-3;2-1-4-3;;;;/h1-6,8-9,11-16,23H,7,10,17-21H2;4-6,9-14,18H,7-8,15-17H2,1-3H3;1-5H,6-7H2;1H3;1,3H;;;1H;/q;;;;;2*+1;;-1/p-1/i;;;;;;;1+1;. The van der Waals surface area contributed by atoms with Crippen LogP contribution in [0.2, 0.25) is 0 Å². The van der Waals surface area contributed by atoms with Crippen LogP contribution in [0.25, 0.3) is 0 Å². The van der Waals surface area contributed by atoms with E-state index in [4.69, 9.17) is 20.1 Å². The molecular formula is C60H74Br3K2N5O9S2. The maximum atomic E-state index is 13.6. The van der Waals surface area contributed by atoms with E-state index >= 15 is 0 Å². The Balaban J connectivity index is 0.00000123. The number of hydrogen-bond acceptors (Lipinski definition) is 11. The van der Waals surface area contributed by atoms with Crippen molar-refractivity contribution in [2.75, 3.05) is 59.8 Å². The number of halogens is 3. The second-order valence-electron chi connectivity index (χ2n) is 19.5. The van der Waals surface area contributed by atoms with Gasteiger partial charge in [0.15, 0.2) is 0 Å². The van der Waals surface area contributed by atoms with Gasteiger partial charge in [-0.3, -0.25) is 13.4 Å². The first-order valence-corrected chi connectivity index (χ1v) is 31.5. The van der Waals surface area contributed by atoms with Crippen molar-refractivity contribution in [1.29, 1.82) is 5.26 Å². The van der Waals surface area contributed by atoms with Crippen LogP contribution in [0.3, 0.4) is 0 Å². The Bertz CT molecular complexity index is 2990. The molecule has 81 heavy (non-hydrogen) atoms. The number of hydrogen-bond donors (Lipinski definition) is 0. The Morgan fingerprint density at radius 2 is 1.05 bits per heavy atom. The van der Waals surface area contributed by atoms with Crippen LogP contribution in [0.4, 0.5) is 16.2 Å². The van der Waals surface area contributed by atoms with Crippen LogP contribution in [0.1, 0.15) is 67.4 Å². The van der Waals surface area contributed by atoms with E-state index in [1.807, 2.05) is 81.4 Å². The first kappa shape index (κ1) is 74.8. The summed E-state index contributed by atoms with van der Waals surface area (Å²) in [4.78, 5) is 28.5. The van der Waals surface area contributed by atoms with E-state index in [9.17, 15) is 21.6 Å². The molecule has 1 amide bonds. The minimum atomic E-state index is -3.76. The number of likely N-dealkylation sites (tertiary alicyclic amines) is 2. The first-order chi connectivity index (χ1) is 37.8. The fraction of sp³-hybridized carbons (Fsp3) is 0.350. The smallest absolute Gasteiger partial charge is 1.00 e. The number of nitriles is 1. The zero-order valence-electron chi connectivity index (χ0n) is 48.2. The maximum Gasteiger partial charge on any atom is 1.00 e. The van der Waals surface area contributed by atoms with E-state index in [1.54, 1.807) is 75.9 Å². The number of nitrogens with zero attached hydrogens (tertiary/aromatic N) is 5. The molecule has 0 radical (unpaired) electrons. The number of ether oxygens (including phenoxy) is 1. The fourth-order valence-corrected chi connectivity index (χ4v) is 12.8. The summed E-state index contributed by atoms with van der Waals surface area (Å²) in [6.07, 6.45) is 5.60. The van der Waals surface area contributed by atoms with E-state index in [0.717, 1.165) is 78.1 Å². The van der Waals surface area contributed by atoms with Gasteiger partial charge in [-0.2, -0.15) is 5.26 Å². The number of piperidine rings is 2. The topological polar surface area (TPSA) is 181 Å². The monoisotopic (exact) mass is 1390 g/mol. The number of sulfonamides is 2. The van der Waals surface area contributed by atoms with Crippen molar-refractivity contribution >= 4 is 91.8 Å². The van der Waals surface area contributed by atoms with E-state index < -0.39 is 25.6 Å². The molecule has 0 N–H and O–H groups in total. The predicted molar refractivity (Wildman–Crippen MR) is 326 cm³/mol. The molecule has 2 saturated heterocycles. The van der Waals surface area contributed by atoms with Crippen LogP contribution in [0.15, 0.2) is 189 Å². The first-order valence-electron chi connectivity index (χ1n) is 25.9. The molecule has 14 nitrogen and oxygen atoms in total. The summed E-state index contributed by atoms with van der Waals surface area (Å²) in [5.74, 6) is 0.302. The molecule has 0 aromatic heterocycles. The molecule has 0 bridgehead atoms. The van der Waals surface area contributed by atoms with Crippen LogP contribution < -0.4 is 117 Å². The summed E-state index contributed by atoms with van der Waals surface area (Å²) in [5.41, 5.74) is 3.51. The molecular weight excluding hydrogens is 1320 g/mol. The number of alkyl halides is 1. The molecule has 2 heterocycles. The van der Waals surface area contributed by atoms with E-state index in [-0.39, 0.29) is 129 Å². The number of anilines is 2. The number of benzene rings is 6. The quantitative estimate of drug-likeness (QED) is 0.0325. The van der Waals surface area contributed by atoms with Gasteiger partial charge < -0.3 is 26.1 Å². The average Bonchev–Trinajstić information content (AvgIpc) is 3.66. The molecule has 428 valence electrons. The molecule has 0 saturated carbocycles. The number of carbonyl (C=O) groups is 2. The maximum absolute atomic E-state index is 13.6. The van der Waals surface area contributed by atoms with Gasteiger partial charge in [-0.05, 0) is 162 Å². The van der Waals surface area contributed by atoms with Gasteiger partial charge in [0.1, 0.15) is 5.60 Å². The van der Waals surface area contributed by atoms with Gasteiger partial charge in [-0.1, -0.05) is 145 Å². The Morgan fingerprint density at radius 1 is 0.679 bits per heavy atom. The summed E-state index contributed by atoms with van der Waals surface area (Å²) < 4.78 is 64.5. The van der Waals surface area contributed by atoms with Crippen molar-refractivity contribution in [3.05, 3.63) is 190 Å². The van der Waals surface area contributed by atoms with Crippen molar-refractivity contribution in [2.24, 2.45) is 11.8 Å². The van der Waals surface area contributed by atoms with Gasteiger partial charge >= 0.3 is 109 Å². The van der Waals surface area contributed by atoms with E-state index in [1.165, 1.54) is 22.4 Å². The molecule has 2 fully saturated rings. The zero-order chi connectivity index (χ0) is 57.7. The second kappa shape index (κ2) is 40.1. The number of amides is 1. The summed E-state index contributed by atoms with van der Waals surface area (Å²) in [6.45, 7) is 11.7. The minimum absolute atomic E-state index is 0. The van der Waals surface area contributed by atoms with E-state index in [2.05, 4.69) is 106 Å². The van der Waals surface area contributed by atoms with Crippen molar-refractivity contribution in [1.82, 2.24) is 9.80 Å². The largest absolute Gasteiger partial charge is 1.00 e. The van der Waals surface area contributed by atoms with Crippen LogP contribution in [0.5, 0.6) is 0 Å². The molecule has 2 atom stereocenters. The molecule has 21 heteroatoms. The van der Waals surface area contributed by atoms with E-state index in [0.29, 0.717) is 42.7 Å². The van der Waals surface area contributed by atoms with Gasteiger partial charge in [0.05, 0.1) is 27.2 Å². The third kappa shape index (κ3) is 27.3. The van der Waals surface area contributed by atoms with Crippen molar-refractivity contribution in [2.45, 2.75) is 81.6 Å². The van der Waals surface area contributed by atoms with Crippen molar-refractivity contribution in [3.8, 4) is 6.07 Å². The zero-order valence-corrected chi connectivity index (χ0v) is 59.8. The van der Waals surface area contributed by atoms with Crippen LogP contribution in [-0.4, -0.2) is 95.9 Å². The van der Waals surface area contributed by atoms with Crippen molar-refractivity contribution in [3.63, 3.8) is 0 Å². The Morgan fingerprint density at radius 3 is 1.43 bits per heavy atom. The van der Waals surface area contributed by atoms with Crippen LogP contribution in [-0.2, 0) is 47.3 Å². The molecule has 0 spiro atoms. The third-order valence-electron chi connectivity index (χ3n) is 12.3. The number of carbonyl (C=O) groups excluding carboxylic acids is 2. The summed E-state index contributed by atoms with van der Waals surface area (Å²) in [6, 6.07) is 54.9. The predicted octanol–water partition coefficient (Wildman–Crippen LogP) is 6.85. The van der Waals surface area contributed by atoms with Gasteiger partial charge in [-0.15, -0.1) is 0 Å². The van der Waals surface area contributed by atoms with Gasteiger partial charge in [0.25, 0.3) is 26.5 Å². The number of aryl methyl sites for hydroxylation is 1. The Hall–Kier alpha value is -2.32. The molecule has 6 aromatic rings. The molecule has 2 aliphatic rings. The average molecular weight is 1390 g/mol. The molecule has 6 aromatic carbocycles. The van der Waals surface area contributed by atoms with Crippen LogP contribution in [0, 0.1) is 23.2 Å². The molecule has 8 rings (SSSR count). The second-order valence-corrected chi connectivity index (χ2v) is 25.8. The molecule has 2 aliphatic heterocycles. The van der Waals surface area contributed by atoms with Gasteiger partial charge in [0, 0.05) is 61.9 Å². The van der Waals surface area contributed by atoms with Crippen LogP contribution >= 0.6 is 47.8 Å². The van der Waals surface area contributed by atoms with Crippen molar-refractivity contribution < 1.29 is 147 Å². The summed E-state index contributed by atoms with van der Waals surface area (Å²) >= 11 is 10.1. The Labute approximate surface area is 594 Å². The number of rotatable bonds is 16. The van der Waals surface area contributed by atoms with Gasteiger partial charge in [-0.25, -0.2) is 21.6 Å². The molecule has 2 unspecified atom stereocenters. The van der Waals surface area contributed by atoms with Gasteiger partial charge in [0.2, 0.25) is 0 Å².